The van der Waals surface area contributed by atoms with Crippen molar-refractivity contribution in [2.45, 2.75) is 6.92 Å². The highest BCUT2D eigenvalue weighted by Crippen LogP contribution is 2.49. The van der Waals surface area contributed by atoms with E-state index in [0.29, 0.717) is 0 Å². The molecule has 2 nitrogen and oxygen atoms in total. The largest absolute Gasteiger partial charge is 0.375 e. The minimum absolute atomic E-state index is 0.0452. The number of nitrogens with zero attached hydrogens (tertiary/aromatic N) is 2. The van der Waals surface area contributed by atoms with Crippen LogP contribution in [0.25, 0.3) is 127 Å². The maximum absolute atomic E-state index is 2.72. The van der Waals surface area contributed by atoms with Gasteiger partial charge in [0.05, 0.1) is 11.0 Å². The fourth-order valence-electron chi connectivity index (χ4n) is 12.1. The molecule has 0 aliphatic carbocycles. The van der Waals surface area contributed by atoms with Gasteiger partial charge in [0.1, 0.15) is 0 Å². The fourth-order valence-corrected chi connectivity index (χ4v) is 12.1. The van der Waals surface area contributed by atoms with Crippen LogP contribution in [-0.2, 0) is 0 Å². The zero-order valence-electron chi connectivity index (χ0n) is 36.3. The first-order valence-electron chi connectivity index (χ1n) is 23.1. The second-order valence-electron chi connectivity index (χ2n) is 18.4. The maximum Gasteiger partial charge on any atom is 0.333 e. The second-order valence-corrected chi connectivity index (χ2v) is 18.4. The van der Waals surface area contributed by atoms with E-state index in [2.05, 4.69) is 234 Å². The van der Waals surface area contributed by atoms with Gasteiger partial charge in [-0.05, 0) is 150 Å². The Morgan fingerprint density at radius 3 is 1.58 bits per heavy atom. The van der Waals surface area contributed by atoms with Crippen molar-refractivity contribution >= 4 is 72.2 Å². The monoisotopic (exact) mass is 834 g/mol. The minimum Gasteiger partial charge on any atom is -0.375 e. The van der Waals surface area contributed by atoms with Gasteiger partial charge in [-0.1, -0.05) is 164 Å². The van der Waals surface area contributed by atoms with Gasteiger partial charge in [0.15, 0.2) is 0 Å². The predicted molar refractivity (Wildman–Crippen MR) is 280 cm³/mol. The van der Waals surface area contributed by atoms with Gasteiger partial charge in [-0.25, -0.2) is 0 Å². The predicted octanol–water partition coefficient (Wildman–Crippen LogP) is 15.1. The molecule has 4 heterocycles. The summed E-state index contributed by atoms with van der Waals surface area (Å²) in [5, 5.41) is 7.85. The molecule has 11 aromatic carbocycles. The van der Waals surface area contributed by atoms with E-state index in [1.807, 2.05) is 0 Å². The molecule has 2 aliphatic heterocycles. The molecule has 2 aromatic heterocycles. The molecule has 0 saturated heterocycles. The Bertz CT molecular complexity index is 4090. The van der Waals surface area contributed by atoms with Crippen LogP contribution in [0.5, 0.6) is 0 Å². The Labute approximate surface area is 382 Å². The Kier molecular flexibility index (Phi) is 7.27. The lowest BCUT2D eigenvalue weighted by molar-refractivity contribution is 1.17. The molecule has 304 valence electrons. The molecular weight excluding hydrogens is 796 g/mol. The van der Waals surface area contributed by atoms with Crippen LogP contribution in [0, 0.1) is 6.92 Å². The van der Waals surface area contributed by atoms with Crippen LogP contribution in [0.3, 0.4) is 0 Å². The lowest BCUT2D eigenvalue weighted by atomic mass is 9.45. The topological polar surface area (TPSA) is 9.86 Å². The van der Waals surface area contributed by atoms with Gasteiger partial charge < -0.3 is 9.05 Å². The standard InChI is InChI=1S/C63H39BN2/c1-38-50(49-32-46(40-17-8-3-9-18-40)31-47(33-49)41-19-10-4-11-20-41)37-57-61-58(38)53-36-48(42-21-12-5-13-22-42)35-52-51-34-45(39-15-6-2-7-16-39)28-30-55(51)66(62(52)53)64(61)54-29-27-44-26-25-43-23-14-24-56-59(43)60(44)63(54)65(56)57/h2-37H,1H3. The van der Waals surface area contributed by atoms with Crippen LogP contribution >= 0.6 is 0 Å². The fraction of sp³-hybridized carbons (Fsp3) is 0.0159. The highest BCUT2D eigenvalue weighted by Gasteiger charge is 2.43. The molecule has 0 N–H and O–H groups in total. The summed E-state index contributed by atoms with van der Waals surface area (Å²) in [7, 11) is 0. The van der Waals surface area contributed by atoms with Gasteiger partial charge in [0.25, 0.3) is 0 Å². The first kappa shape index (κ1) is 36.0. The molecule has 0 unspecified atom stereocenters. The summed E-state index contributed by atoms with van der Waals surface area (Å²) in [5.74, 6) is 0. The molecule has 0 bridgehead atoms. The van der Waals surface area contributed by atoms with Crippen molar-refractivity contribution in [2.24, 2.45) is 0 Å². The lowest BCUT2D eigenvalue weighted by Gasteiger charge is -2.36. The van der Waals surface area contributed by atoms with Crippen molar-refractivity contribution in [3.8, 4) is 72.4 Å². The molecule has 0 spiro atoms. The van der Waals surface area contributed by atoms with Crippen molar-refractivity contribution in [2.75, 3.05) is 0 Å². The molecule has 3 heteroatoms. The number of fused-ring (bicyclic) bond motifs is 8. The summed E-state index contributed by atoms with van der Waals surface area (Å²) in [5.41, 5.74) is 25.3. The summed E-state index contributed by atoms with van der Waals surface area (Å²) in [6.07, 6.45) is 0. The van der Waals surface area contributed by atoms with Crippen LogP contribution in [-0.4, -0.2) is 15.9 Å². The average Bonchev–Trinajstić information content (AvgIpc) is 3.91. The molecule has 0 fully saturated rings. The number of benzene rings is 11. The van der Waals surface area contributed by atoms with Gasteiger partial charge in [-0.2, -0.15) is 0 Å². The van der Waals surface area contributed by atoms with E-state index in [0.717, 1.165) is 0 Å². The zero-order chi connectivity index (χ0) is 43.2. The molecule has 2 aliphatic rings. The number of aromatic nitrogens is 2. The van der Waals surface area contributed by atoms with Crippen molar-refractivity contribution in [1.29, 1.82) is 0 Å². The van der Waals surface area contributed by atoms with E-state index in [4.69, 9.17) is 0 Å². The lowest BCUT2D eigenvalue weighted by Crippen LogP contribution is -2.55. The van der Waals surface area contributed by atoms with Gasteiger partial charge in [-0.15, -0.1) is 0 Å². The third-order valence-corrected chi connectivity index (χ3v) is 15.0. The van der Waals surface area contributed by atoms with Crippen molar-refractivity contribution < 1.29 is 0 Å². The number of rotatable bonds is 5. The van der Waals surface area contributed by atoms with Crippen molar-refractivity contribution in [3.63, 3.8) is 0 Å². The van der Waals surface area contributed by atoms with Crippen molar-refractivity contribution in [3.05, 3.63) is 224 Å². The van der Waals surface area contributed by atoms with E-state index in [1.165, 1.54) is 143 Å². The second kappa shape index (κ2) is 13.3. The van der Waals surface area contributed by atoms with Gasteiger partial charge in [0.2, 0.25) is 0 Å². The Balaban J connectivity index is 1.13. The Morgan fingerprint density at radius 2 is 0.924 bits per heavy atom. The SMILES string of the molecule is Cc1c(-c2cc(-c3ccccc3)cc(-c3ccccc3)c2)cc2c3c1-c1cc(-c4ccccc4)cc4c5cc(-c6ccccc6)ccc5n(c14)B3c1ccc3ccc4cccc5c4c3c1n5-2. The number of hydrogen-bond donors (Lipinski definition) is 0. The summed E-state index contributed by atoms with van der Waals surface area (Å²) in [4.78, 5) is 0. The molecule has 0 amide bonds. The highest BCUT2D eigenvalue weighted by molar-refractivity contribution is 6.90. The third-order valence-electron chi connectivity index (χ3n) is 15.0. The van der Waals surface area contributed by atoms with E-state index in [9.17, 15) is 0 Å². The summed E-state index contributed by atoms with van der Waals surface area (Å²) < 4.78 is 5.36. The van der Waals surface area contributed by atoms with E-state index < -0.39 is 0 Å². The van der Waals surface area contributed by atoms with E-state index in [1.54, 1.807) is 0 Å². The molecule has 0 atom stereocenters. The van der Waals surface area contributed by atoms with Crippen LogP contribution in [0.15, 0.2) is 218 Å². The normalized spacial score (nSPS) is 12.6. The molecule has 15 rings (SSSR count). The van der Waals surface area contributed by atoms with Gasteiger partial charge in [0, 0.05) is 43.8 Å². The van der Waals surface area contributed by atoms with Crippen LogP contribution in [0.4, 0.5) is 0 Å². The van der Waals surface area contributed by atoms with Crippen molar-refractivity contribution in [1.82, 2.24) is 9.05 Å². The van der Waals surface area contributed by atoms with Crippen LogP contribution < -0.4 is 10.9 Å². The van der Waals surface area contributed by atoms with E-state index >= 15 is 0 Å². The molecule has 0 radical (unpaired) electrons. The molecule has 66 heavy (non-hydrogen) atoms. The molecular formula is C63H39BN2. The first-order valence-corrected chi connectivity index (χ1v) is 23.1. The summed E-state index contributed by atoms with van der Waals surface area (Å²) in [6, 6.07) is 81.8. The molecule has 0 saturated carbocycles. The Hall–Kier alpha value is -8.40. The Morgan fingerprint density at radius 1 is 0.364 bits per heavy atom. The summed E-state index contributed by atoms with van der Waals surface area (Å²) >= 11 is 0. The smallest absolute Gasteiger partial charge is 0.333 e. The maximum atomic E-state index is 2.72. The first-order chi connectivity index (χ1) is 32.7. The summed E-state index contributed by atoms with van der Waals surface area (Å²) in [6.45, 7) is 2.35. The average molecular weight is 835 g/mol. The number of hydrogen-bond acceptors (Lipinski definition) is 0. The molecule has 13 aromatic rings. The minimum atomic E-state index is -0.0452. The third kappa shape index (κ3) is 4.87. The van der Waals surface area contributed by atoms with E-state index in [-0.39, 0.29) is 6.85 Å². The quantitative estimate of drug-likeness (QED) is 0.121. The van der Waals surface area contributed by atoms with Gasteiger partial charge >= 0.3 is 6.85 Å². The highest BCUT2D eigenvalue weighted by atomic mass is 15.0. The zero-order valence-corrected chi connectivity index (χ0v) is 36.3. The van der Waals surface area contributed by atoms with Crippen LogP contribution in [0.2, 0.25) is 0 Å². The van der Waals surface area contributed by atoms with Gasteiger partial charge in [-0.3, -0.25) is 0 Å². The van der Waals surface area contributed by atoms with Crippen LogP contribution in [0.1, 0.15) is 5.56 Å².